The molecule has 35 heavy (non-hydrogen) atoms. The molecular weight excluding hydrogens is 480 g/mol. The largest absolute Gasteiger partial charge is 0.480 e. The molecule has 0 aliphatic carbocycles. The molecule has 0 aromatic heterocycles. The Morgan fingerprint density at radius 1 is 0.829 bits per heavy atom. The predicted octanol–water partition coefficient (Wildman–Crippen LogP) is -2.83. The van der Waals surface area contributed by atoms with Gasteiger partial charge in [0, 0.05) is 12.2 Å². The highest BCUT2D eigenvalue weighted by atomic mass is 32.1. The van der Waals surface area contributed by atoms with Crippen molar-refractivity contribution < 1.29 is 33.9 Å². The summed E-state index contributed by atoms with van der Waals surface area (Å²) in [6.45, 7) is 0. The molecule has 0 saturated heterocycles. The number of primary amides is 2. The molecule has 192 valence electrons. The average molecular weight is 511 g/mol. The van der Waals surface area contributed by atoms with Crippen molar-refractivity contribution in [2.75, 3.05) is 5.75 Å². The lowest BCUT2D eigenvalue weighted by Crippen LogP contribution is -2.58. The summed E-state index contributed by atoms with van der Waals surface area (Å²) in [5.41, 5.74) is 16.9. The van der Waals surface area contributed by atoms with Crippen molar-refractivity contribution >= 4 is 48.1 Å². The minimum absolute atomic E-state index is 0.170. The summed E-state index contributed by atoms with van der Waals surface area (Å²) in [6.07, 6.45) is -1.06. The van der Waals surface area contributed by atoms with E-state index < -0.39 is 66.1 Å². The van der Waals surface area contributed by atoms with Crippen LogP contribution in [0.3, 0.4) is 0 Å². The Morgan fingerprint density at radius 3 is 1.89 bits per heavy atom. The summed E-state index contributed by atoms with van der Waals surface area (Å²) in [4.78, 5) is 71.5. The first-order valence-corrected chi connectivity index (χ1v) is 11.2. The maximum absolute atomic E-state index is 12.7. The summed E-state index contributed by atoms with van der Waals surface area (Å²) in [6, 6.07) is 3.72. The number of amides is 5. The zero-order chi connectivity index (χ0) is 26.5. The second-order valence-electron chi connectivity index (χ2n) is 7.68. The highest BCUT2D eigenvalue weighted by Gasteiger charge is 2.31. The van der Waals surface area contributed by atoms with Gasteiger partial charge in [0.05, 0.1) is 12.5 Å². The molecule has 0 aliphatic rings. The Hall–Kier alpha value is -3.65. The van der Waals surface area contributed by atoms with Gasteiger partial charge in [-0.2, -0.15) is 12.6 Å². The lowest BCUT2D eigenvalue weighted by Gasteiger charge is -2.24. The fourth-order valence-corrected chi connectivity index (χ4v) is 3.19. The molecule has 0 radical (unpaired) electrons. The fourth-order valence-electron chi connectivity index (χ4n) is 2.93. The Bertz CT molecular complexity index is 930. The maximum atomic E-state index is 12.7. The van der Waals surface area contributed by atoms with E-state index in [4.69, 9.17) is 17.2 Å². The Morgan fingerprint density at radius 2 is 1.37 bits per heavy atom. The van der Waals surface area contributed by atoms with E-state index in [2.05, 4.69) is 28.6 Å². The van der Waals surface area contributed by atoms with Crippen LogP contribution in [-0.2, 0) is 35.2 Å². The molecule has 0 aliphatic heterocycles. The van der Waals surface area contributed by atoms with Crippen LogP contribution in [0.25, 0.3) is 0 Å². The van der Waals surface area contributed by atoms with Crippen LogP contribution in [-0.4, -0.2) is 70.5 Å². The van der Waals surface area contributed by atoms with Crippen LogP contribution in [0.5, 0.6) is 0 Å². The van der Waals surface area contributed by atoms with E-state index in [0.29, 0.717) is 0 Å². The number of carboxylic acid groups (broad SMARTS) is 1. The Balaban J connectivity index is 2.84. The summed E-state index contributed by atoms with van der Waals surface area (Å²) < 4.78 is 0. The van der Waals surface area contributed by atoms with Gasteiger partial charge in [-0.1, -0.05) is 30.3 Å². The smallest absolute Gasteiger partial charge is 0.326 e. The van der Waals surface area contributed by atoms with E-state index in [0.717, 1.165) is 5.56 Å². The van der Waals surface area contributed by atoms with Gasteiger partial charge in [-0.05, 0) is 18.4 Å². The molecule has 1 aromatic carbocycles. The second-order valence-corrected chi connectivity index (χ2v) is 8.04. The number of nitrogens with one attached hydrogen (secondary N) is 3. The maximum Gasteiger partial charge on any atom is 0.326 e. The standard InChI is InChI=1S/C21H30N6O7S/c22-12(8-11-4-2-1-3-5-11)18(30)27-15(10-35)20(32)26-14(9-17(24)29)19(31)25-13(21(33)34)6-7-16(23)28/h1-5,12-15,35H,6-10,22H2,(H2,23,28)(H2,24,29)(H,25,31)(H,26,32)(H,27,30)(H,33,34). The second kappa shape index (κ2) is 14.6. The molecule has 1 rings (SSSR count). The molecule has 5 amide bonds. The van der Waals surface area contributed by atoms with Gasteiger partial charge < -0.3 is 38.3 Å². The monoisotopic (exact) mass is 510 g/mol. The lowest BCUT2D eigenvalue weighted by atomic mass is 10.1. The van der Waals surface area contributed by atoms with Gasteiger partial charge in [0.1, 0.15) is 18.1 Å². The van der Waals surface area contributed by atoms with Gasteiger partial charge in [0.15, 0.2) is 0 Å². The lowest BCUT2D eigenvalue weighted by molar-refractivity contribution is -0.142. The number of rotatable bonds is 15. The van der Waals surface area contributed by atoms with Crippen LogP contribution < -0.4 is 33.2 Å². The number of carbonyl (C=O) groups is 6. The molecule has 0 spiro atoms. The van der Waals surface area contributed by atoms with E-state index in [1.807, 2.05) is 6.07 Å². The van der Waals surface area contributed by atoms with Crippen LogP contribution >= 0.6 is 12.6 Å². The van der Waals surface area contributed by atoms with Crippen LogP contribution in [0.15, 0.2) is 30.3 Å². The van der Waals surface area contributed by atoms with Crippen LogP contribution in [0.2, 0.25) is 0 Å². The van der Waals surface area contributed by atoms with Gasteiger partial charge in [0.25, 0.3) is 0 Å². The van der Waals surface area contributed by atoms with Crippen molar-refractivity contribution in [1.82, 2.24) is 16.0 Å². The minimum Gasteiger partial charge on any atom is -0.480 e. The van der Waals surface area contributed by atoms with Crippen molar-refractivity contribution in [2.24, 2.45) is 17.2 Å². The van der Waals surface area contributed by atoms with Gasteiger partial charge >= 0.3 is 5.97 Å². The van der Waals surface area contributed by atoms with Crippen molar-refractivity contribution in [3.63, 3.8) is 0 Å². The molecular formula is C21H30N6O7S. The number of hydrogen-bond acceptors (Lipinski definition) is 8. The zero-order valence-corrected chi connectivity index (χ0v) is 19.7. The first-order chi connectivity index (χ1) is 16.4. The molecule has 4 unspecified atom stereocenters. The molecule has 0 saturated carbocycles. The summed E-state index contributed by atoms with van der Waals surface area (Å²) in [7, 11) is 0. The molecule has 10 N–H and O–H groups in total. The third-order valence-electron chi connectivity index (χ3n) is 4.78. The zero-order valence-electron chi connectivity index (χ0n) is 18.8. The Labute approximate surface area is 206 Å². The molecule has 1 aromatic rings. The summed E-state index contributed by atoms with van der Waals surface area (Å²) in [5.74, 6) is -5.88. The fraction of sp³-hybridized carbons (Fsp3) is 0.429. The van der Waals surface area contributed by atoms with Crippen molar-refractivity contribution in [3.05, 3.63) is 35.9 Å². The number of carboxylic acids is 1. The molecule has 0 heterocycles. The third-order valence-corrected chi connectivity index (χ3v) is 5.15. The first-order valence-electron chi connectivity index (χ1n) is 10.6. The Kier molecular flexibility index (Phi) is 12.2. The number of aliphatic carboxylic acids is 1. The van der Waals surface area contributed by atoms with Crippen LogP contribution in [0, 0.1) is 0 Å². The third kappa shape index (κ3) is 10.9. The molecule has 13 nitrogen and oxygen atoms in total. The predicted molar refractivity (Wildman–Crippen MR) is 128 cm³/mol. The first kappa shape index (κ1) is 29.4. The summed E-state index contributed by atoms with van der Waals surface area (Å²) >= 11 is 4.04. The van der Waals surface area contributed by atoms with Gasteiger partial charge in [-0.25, -0.2) is 4.79 Å². The molecule has 0 bridgehead atoms. The molecule has 14 heteroatoms. The highest BCUT2D eigenvalue weighted by Crippen LogP contribution is 2.04. The van der Waals surface area contributed by atoms with E-state index in [1.54, 1.807) is 24.3 Å². The SMILES string of the molecule is NC(=O)CCC(NC(=O)C(CC(N)=O)NC(=O)C(CS)NC(=O)C(N)Cc1ccccc1)C(=O)O. The van der Waals surface area contributed by atoms with Crippen LogP contribution in [0.4, 0.5) is 0 Å². The molecule has 4 atom stereocenters. The molecule has 0 fully saturated rings. The van der Waals surface area contributed by atoms with Crippen LogP contribution in [0.1, 0.15) is 24.8 Å². The minimum atomic E-state index is -1.55. The number of hydrogen-bond donors (Lipinski definition) is 8. The van der Waals surface area contributed by atoms with E-state index in [-0.39, 0.29) is 25.0 Å². The number of carbonyl (C=O) groups excluding carboxylic acids is 5. The summed E-state index contributed by atoms with van der Waals surface area (Å²) in [5, 5.41) is 16.1. The van der Waals surface area contributed by atoms with Gasteiger partial charge in [0.2, 0.25) is 29.5 Å². The average Bonchev–Trinajstić information content (AvgIpc) is 2.79. The van der Waals surface area contributed by atoms with E-state index in [1.165, 1.54) is 0 Å². The highest BCUT2D eigenvalue weighted by molar-refractivity contribution is 7.80. The van der Waals surface area contributed by atoms with Crippen molar-refractivity contribution in [1.29, 1.82) is 0 Å². The number of nitrogens with two attached hydrogens (primary N) is 3. The van der Waals surface area contributed by atoms with Crippen molar-refractivity contribution in [3.8, 4) is 0 Å². The number of thiol groups is 1. The quantitative estimate of drug-likeness (QED) is 0.114. The van der Waals surface area contributed by atoms with Gasteiger partial charge in [-0.3, -0.25) is 24.0 Å². The van der Waals surface area contributed by atoms with Crippen molar-refractivity contribution in [2.45, 2.75) is 49.9 Å². The normalized spacial score (nSPS) is 14.0. The topological polar surface area (TPSA) is 237 Å². The number of benzene rings is 1. The van der Waals surface area contributed by atoms with Gasteiger partial charge in [-0.15, -0.1) is 0 Å². The van der Waals surface area contributed by atoms with E-state index in [9.17, 15) is 33.9 Å². The van der Waals surface area contributed by atoms with E-state index >= 15 is 0 Å².